The first-order valence-electron chi connectivity index (χ1n) is 10.3. The number of hydrogen-bond acceptors (Lipinski definition) is 5. The van der Waals surface area contributed by atoms with E-state index in [-0.39, 0.29) is 35.3 Å². The summed E-state index contributed by atoms with van der Waals surface area (Å²) in [7, 11) is -3.75. The van der Waals surface area contributed by atoms with Crippen LogP contribution < -0.4 is 10.5 Å². The number of ether oxygens (including phenoxy) is 1. The van der Waals surface area contributed by atoms with Crippen molar-refractivity contribution in [3.05, 3.63) is 29.8 Å². The van der Waals surface area contributed by atoms with Crippen LogP contribution in [0.15, 0.2) is 29.2 Å². The van der Waals surface area contributed by atoms with E-state index >= 15 is 0 Å². The Morgan fingerprint density at radius 1 is 1.07 bits per heavy atom. The van der Waals surface area contributed by atoms with E-state index in [9.17, 15) is 18.0 Å². The lowest BCUT2D eigenvalue weighted by Gasteiger charge is -2.53. The van der Waals surface area contributed by atoms with Crippen molar-refractivity contribution in [2.75, 3.05) is 6.61 Å². The lowest BCUT2D eigenvalue weighted by Crippen LogP contribution is -2.48. The summed E-state index contributed by atoms with van der Waals surface area (Å²) in [5.41, 5.74) is 0.734. The fourth-order valence-electron chi connectivity index (χ4n) is 5.86. The number of amides is 1. The fraction of sp³-hybridized carbons (Fsp3) is 0.619. The molecule has 4 fully saturated rings. The summed E-state index contributed by atoms with van der Waals surface area (Å²) in [6.07, 6.45) is 5.84. The molecule has 29 heavy (non-hydrogen) atoms. The number of sulfonamides is 1. The molecule has 0 radical (unpaired) electrons. The summed E-state index contributed by atoms with van der Waals surface area (Å²) in [4.78, 5) is 24.9. The average molecular weight is 421 g/mol. The van der Waals surface area contributed by atoms with Crippen LogP contribution in [-0.4, -0.2) is 26.9 Å². The molecule has 158 valence electrons. The van der Waals surface area contributed by atoms with Gasteiger partial charge in [-0.3, -0.25) is 9.59 Å². The first-order chi connectivity index (χ1) is 13.7. The molecule has 0 spiro atoms. The third kappa shape index (κ3) is 4.33. The summed E-state index contributed by atoms with van der Waals surface area (Å²) < 4.78 is 28.0. The number of nitrogens with one attached hydrogen (secondary N) is 1. The fourth-order valence-corrected chi connectivity index (χ4v) is 6.37. The highest BCUT2D eigenvalue weighted by Gasteiger charge is 2.51. The van der Waals surface area contributed by atoms with Gasteiger partial charge in [0.05, 0.1) is 16.9 Å². The van der Waals surface area contributed by atoms with Gasteiger partial charge in [0.25, 0.3) is 5.91 Å². The van der Waals surface area contributed by atoms with Gasteiger partial charge in [0, 0.05) is 0 Å². The van der Waals surface area contributed by atoms with E-state index in [1.807, 2.05) is 0 Å². The van der Waals surface area contributed by atoms with Crippen LogP contribution >= 0.6 is 0 Å². The van der Waals surface area contributed by atoms with Crippen molar-refractivity contribution in [2.24, 2.45) is 34.7 Å². The van der Waals surface area contributed by atoms with Crippen molar-refractivity contribution in [2.45, 2.75) is 50.0 Å². The number of rotatable bonds is 6. The maximum absolute atomic E-state index is 12.7. The second-order valence-electron chi connectivity index (χ2n) is 8.97. The van der Waals surface area contributed by atoms with Crippen molar-refractivity contribution < 1.29 is 22.7 Å². The molecule has 0 aromatic heterocycles. The summed E-state index contributed by atoms with van der Waals surface area (Å²) >= 11 is 0. The van der Waals surface area contributed by atoms with E-state index in [1.54, 1.807) is 19.1 Å². The normalized spacial score (nSPS) is 31.3. The van der Waals surface area contributed by atoms with E-state index in [4.69, 9.17) is 9.88 Å². The minimum Gasteiger partial charge on any atom is -0.455 e. The van der Waals surface area contributed by atoms with Crippen LogP contribution in [0.25, 0.3) is 0 Å². The van der Waals surface area contributed by atoms with Crippen LogP contribution in [0.1, 0.15) is 50.6 Å². The molecule has 1 aromatic carbocycles. The molecular weight excluding hydrogens is 392 g/mol. The van der Waals surface area contributed by atoms with Gasteiger partial charge in [0.1, 0.15) is 0 Å². The molecule has 5 rings (SSSR count). The van der Waals surface area contributed by atoms with Crippen LogP contribution in [-0.2, 0) is 24.3 Å². The molecule has 0 saturated heterocycles. The summed E-state index contributed by atoms with van der Waals surface area (Å²) in [5.74, 6) is 1.79. The maximum Gasteiger partial charge on any atom is 0.310 e. The van der Waals surface area contributed by atoms with E-state index < -0.39 is 10.0 Å². The Balaban J connectivity index is 1.28. The summed E-state index contributed by atoms with van der Waals surface area (Å²) in [5, 5.41) is 7.87. The number of esters is 1. The molecule has 3 N–H and O–H groups in total. The van der Waals surface area contributed by atoms with Crippen molar-refractivity contribution >= 4 is 21.9 Å². The number of primary sulfonamides is 1. The van der Waals surface area contributed by atoms with Crippen LogP contribution in [0.2, 0.25) is 0 Å². The standard InChI is InChI=1S/C21H28N2O5S/c1-12(15-2-4-18(5-3-15)29(22,26)27)23-19(24)11-28-21(25)20-16-7-13-6-14(9-16)10-17(20)8-13/h2-5,12-14,16-17,20H,6-11H2,1H3,(H,23,24)(H2,22,26,27)/t12-,13?,14?,16?,17?,20?/m1/s1. The molecule has 4 saturated carbocycles. The number of nitrogens with two attached hydrogens (primary N) is 1. The van der Waals surface area contributed by atoms with Gasteiger partial charge in [-0.1, -0.05) is 12.1 Å². The highest BCUT2D eigenvalue weighted by molar-refractivity contribution is 7.89. The van der Waals surface area contributed by atoms with Crippen molar-refractivity contribution in [1.29, 1.82) is 0 Å². The largest absolute Gasteiger partial charge is 0.455 e. The highest BCUT2D eigenvalue weighted by Crippen LogP contribution is 2.56. The minimum absolute atomic E-state index is 0.0179. The minimum atomic E-state index is -3.75. The van der Waals surface area contributed by atoms with Gasteiger partial charge < -0.3 is 10.1 Å². The second kappa shape index (κ2) is 7.72. The van der Waals surface area contributed by atoms with Crippen LogP contribution in [0, 0.1) is 29.6 Å². The zero-order chi connectivity index (χ0) is 20.8. The zero-order valence-corrected chi connectivity index (χ0v) is 17.4. The van der Waals surface area contributed by atoms with Crippen molar-refractivity contribution in [3.63, 3.8) is 0 Å². The average Bonchev–Trinajstić information content (AvgIpc) is 2.65. The van der Waals surface area contributed by atoms with Crippen molar-refractivity contribution in [1.82, 2.24) is 5.32 Å². The molecule has 4 aliphatic carbocycles. The lowest BCUT2D eigenvalue weighted by molar-refractivity contribution is -0.164. The quantitative estimate of drug-likeness (QED) is 0.684. The number of carbonyl (C=O) groups excluding carboxylic acids is 2. The molecule has 4 bridgehead atoms. The first-order valence-corrected chi connectivity index (χ1v) is 11.8. The maximum atomic E-state index is 12.7. The SMILES string of the molecule is C[C@@H](NC(=O)COC(=O)C1C2CC3CC(C2)CC1C3)c1ccc(S(N)(=O)=O)cc1. The lowest BCUT2D eigenvalue weighted by atomic mass is 9.52. The van der Waals surface area contributed by atoms with Gasteiger partial charge in [-0.25, -0.2) is 13.6 Å². The van der Waals surface area contributed by atoms with Crippen LogP contribution in [0.5, 0.6) is 0 Å². The number of benzene rings is 1. The molecule has 7 nitrogen and oxygen atoms in total. The van der Waals surface area contributed by atoms with Gasteiger partial charge in [-0.05, 0) is 80.4 Å². The smallest absolute Gasteiger partial charge is 0.310 e. The topological polar surface area (TPSA) is 116 Å². The van der Waals surface area contributed by atoms with Gasteiger partial charge >= 0.3 is 5.97 Å². The van der Waals surface area contributed by atoms with Gasteiger partial charge in [0.15, 0.2) is 6.61 Å². The molecule has 0 unspecified atom stereocenters. The number of hydrogen-bond donors (Lipinski definition) is 2. The highest BCUT2D eigenvalue weighted by atomic mass is 32.2. The Labute approximate surface area is 171 Å². The third-order valence-electron chi connectivity index (χ3n) is 6.93. The van der Waals surface area contributed by atoms with Gasteiger partial charge in [0.2, 0.25) is 10.0 Å². The second-order valence-corrected chi connectivity index (χ2v) is 10.5. The summed E-state index contributed by atoms with van der Waals surface area (Å²) in [6, 6.07) is 5.66. The van der Waals surface area contributed by atoms with E-state index in [2.05, 4.69) is 5.32 Å². The van der Waals surface area contributed by atoms with E-state index in [1.165, 1.54) is 18.6 Å². The predicted molar refractivity (Wildman–Crippen MR) is 106 cm³/mol. The predicted octanol–water partition coefficient (Wildman–Crippen LogP) is 2.13. The molecule has 1 atom stereocenters. The van der Waals surface area contributed by atoms with Crippen LogP contribution in [0.3, 0.4) is 0 Å². The molecule has 8 heteroatoms. The molecular formula is C21H28N2O5S. The number of carbonyl (C=O) groups is 2. The molecule has 1 aromatic rings. The molecule has 0 heterocycles. The Morgan fingerprint density at radius 3 is 2.14 bits per heavy atom. The van der Waals surface area contributed by atoms with Gasteiger partial charge in [-0.15, -0.1) is 0 Å². The Hall–Kier alpha value is -1.93. The summed E-state index contributed by atoms with van der Waals surface area (Å²) in [6.45, 7) is 1.49. The Morgan fingerprint density at radius 2 is 1.62 bits per heavy atom. The van der Waals surface area contributed by atoms with Crippen molar-refractivity contribution in [3.8, 4) is 0 Å². The molecule has 1 amide bonds. The third-order valence-corrected chi connectivity index (χ3v) is 7.86. The molecule has 4 aliphatic rings. The first kappa shape index (κ1) is 20.3. The van der Waals surface area contributed by atoms with Gasteiger partial charge in [-0.2, -0.15) is 0 Å². The Bertz CT molecular complexity index is 868. The van der Waals surface area contributed by atoms with Crippen LogP contribution in [0.4, 0.5) is 0 Å². The van der Waals surface area contributed by atoms with E-state index in [0.29, 0.717) is 11.8 Å². The molecule has 0 aliphatic heterocycles. The monoisotopic (exact) mass is 420 g/mol. The van der Waals surface area contributed by atoms with E-state index in [0.717, 1.165) is 43.1 Å². The Kier molecular flexibility index (Phi) is 5.42. The zero-order valence-electron chi connectivity index (χ0n) is 16.5.